The molecule has 3 heterocycles. The minimum atomic E-state index is -0.394. The maximum Gasteiger partial charge on any atom is 0.186 e. The molecule has 4 nitrogen and oxygen atoms in total. The fourth-order valence-electron chi connectivity index (χ4n) is 2.51. The number of halogens is 1. The summed E-state index contributed by atoms with van der Waals surface area (Å²) in [7, 11) is 0. The van der Waals surface area contributed by atoms with Gasteiger partial charge in [0.15, 0.2) is 5.79 Å². The lowest BCUT2D eigenvalue weighted by atomic mass is 10.0. The van der Waals surface area contributed by atoms with Crippen LogP contribution in [0.2, 0.25) is 0 Å². The molecule has 0 N–H and O–H groups in total. The lowest BCUT2D eigenvalue weighted by Crippen LogP contribution is -2.49. The third-order valence-electron chi connectivity index (χ3n) is 3.27. The van der Waals surface area contributed by atoms with E-state index in [4.69, 9.17) is 9.47 Å². The molecule has 0 bridgehead atoms. The van der Waals surface area contributed by atoms with Crippen LogP contribution in [0.5, 0.6) is 0 Å². The van der Waals surface area contributed by atoms with E-state index in [-0.39, 0.29) is 0 Å². The summed E-state index contributed by atoms with van der Waals surface area (Å²) in [6, 6.07) is 3.94. The number of ether oxygens (including phenoxy) is 2. The topological polar surface area (TPSA) is 34.6 Å². The third kappa shape index (κ3) is 2.19. The fourth-order valence-corrected chi connectivity index (χ4v) is 3.02. The molecule has 5 heteroatoms. The number of rotatable bonds is 1. The second kappa shape index (κ2) is 4.55. The molecule has 0 atom stereocenters. The highest BCUT2D eigenvalue weighted by atomic mass is 79.9. The molecule has 2 saturated heterocycles. The zero-order valence-corrected chi connectivity index (χ0v) is 11.1. The van der Waals surface area contributed by atoms with Crippen molar-refractivity contribution in [2.45, 2.75) is 18.6 Å². The highest BCUT2D eigenvalue weighted by Gasteiger charge is 2.41. The SMILES string of the molecule is Brc1cccnc1N1CCCC2(C1)OCCO2. The van der Waals surface area contributed by atoms with E-state index in [0.29, 0.717) is 13.2 Å². The summed E-state index contributed by atoms with van der Waals surface area (Å²) in [6.07, 6.45) is 3.87. The van der Waals surface area contributed by atoms with E-state index >= 15 is 0 Å². The molecule has 2 aliphatic rings. The Morgan fingerprint density at radius 3 is 2.94 bits per heavy atom. The van der Waals surface area contributed by atoms with Crippen molar-refractivity contribution in [2.75, 3.05) is 31.2 Å². The first-order valence-electron chi connectivity index (χ1n) is 5.92. The molecular weight excluding hydrogens is 284 g/mol. The van der Waals surface area contributed by atoms with E-state index in [0.717, 1.165) is 36.2 Å². The zero-order chi connectivity index (χ0) is 11.7. The number of nitrogens with zero attached hydrogens (tertiary/aromatic N) is 2. The smallest absolute Gasteiger partial charge is 0.186 e. The van der Waals surface area contributed by atoms with Crippen molar-refractivity contribution in [3.8, 4) is 0 Å². The van der Waals surface area contributed by atoms with Gasteiger partial charge in [0, 0.05) is 19.2 Å². The molecule has 2 aliphatic heterocycles. The number of piperidine rings is 1. The molecule has 0 radical (unpaired) electrons. The van der Waals surface area contributed by atoms with Crippen LogP contribution < -0.4 is 4.90 Å². The number of hydrogen-bond donors (Lipinski definition) is 0. The molecule has 3 rings (SSSR count). The van der Waals surface area contributed by atoms with Crippen molar-refractivity contribution in [1.82, 2.24) is 4.98 Å². The average Bonchev–Trinajstić information content (AvgIpc) is 2.78. The van der Waals surface area contributed by atoms with Gasteiger partial charge in [0.2, 0.25) is 0 Å². The molecule has 0 unspecified atom stereocenters. The van der Waals surface area contributed by atoms with Crippen LogP contribution in [0.3, 0.4) is 0 Å². The van der Waals surface area contributed by atoms with Gasteiger partial charge in [0.1, 0.15) is 5.82 Å². The highest BCUT2D eigenvalue weighted by molar-refractivity contribution is 9.10. The van der Waals surface area contributed by atoms with Crippen molar-refractivity contribution in [2.24, 2.45) is 0 Å². The van der Waals surface area contributed by atoms with Crippen LogP contribution in [0, 0.1) is 0 Å². The van der Waals surface area contributed by atoms with E-state index in [1.165, 1.54) is 0 Å². The Kier molecular flexibility index (Phi) is 3.06. The Morgan fingerprint density at radius 1 is 1.35 bits per heavy atom. The van der Waals surface area contributed by atoms with Gasteiger partial charge in [0.25, 0.3) is 0 Å². The lowest BCUT2D eigenvalue weighted by Gasteiger charge is -2.39. The summed E-state index contributed by atoms with van der Waals surface area (Å²) >= 11 is 3.54. The fraction of sp³-hybridized carbons (Fsp3) is 0.583. The van der Waals surface area contributed by atoms with Crippen LogP contribution in [0.4, 0.5) is 5.82 Å². The first-order chi connectivity index (χ1) is 8.29. The highest BCUT2D eigenvalue weighted by Crippen LogP contribution is 2.34. The minimum Gasteiger partial charge on any atom is -0.350 e. The van der Waals surface area contributed by atoms with Gasteiger partial charge >= 0.3 is 0 Å². The zero-order valence-electron chi connectivity index (χ0n) is 9.56. The summed E-state index contributed by atoms with van der Waals surface area (Å²) in [5.41, 5.74) is 0. The first kappa shape index (κ1) is 11.4. The number of anilines is 1. The molecule has 17 heavy (non-hydrogen) atoms. The van der Waals surface area contributed by atoms with Crippen molar-refractivity contribution >= 4 is 21.7 Å². The maximum atomic E-state index is 5.77. The van der Waals surface area contributed by atoms with Gasteiger partial charge in [-0.3, -0.25) is 0 Å². The lowest BCUT2D eigenvalue weighted by molar-refractivity contribution is -0.161. The Hall–Kier alpha value is -0.650. The second-order valence-electron chi connectivity index (χ2n) is 4.44. The van der Waals surface area contributed by atoms with Gasteiger partial charge in [-0.1, -0.05) is 0 Å². The predicted molar refractivity (Wildman–Crippen MR) is 68.0 cm³/mol. The Balaban J connectivity index is 1.82. The Bertz CT molecular complexity index is 407. The monoisotopic (exact) mass is 298 g/mol. The summed E-state index contributed by atoms with van der Waals surface area (Å²) in [6.45, 7) is 3.18. The minimum absolute atomic E-state index is 0.394. The molecule has 0 saturated carbocycles. The first-order valence-corrected chi connectivity index (χ1v) is 6.72. The summed E-state index contributed by atoms with van der Waals surface area (Å²) in [5, 5.41) is 0. The molecule has 0 aromatic carbocycles. The van der Waals surface area contributed by atoms with Crippen molar-refractivity contribution in [1.29, 1.82) is 0 Å². The maximum absolute atomic E-state index is 5.77. The quantitative estimate of drug-likeness (QED) is 0.796. The van der Waals surface area contributed by atoms with Crippen molar-refractivity contribution in [3.05, 3.63) is 22.8 Å². The van der Waals surface area contributed by atoms with Crippen LogP contribution in [0.25, 0.3) is 0 Å². The predicted octanol–water partition coefficient (Wildman–Crippen LogP) is 2.19. The van der Waals surface area contributed by atoms with Gasteiger partial charge in [-0.2, -0.15) is 0 Å². The standard InChI is InChI=1S/C12H15BrN2O2/c13-10-3-1-5-14-11(10)15-6-2-4-12(9-15)16-7-8-17-12/h1,3,5H,2,4,6-9H2. The average molecular weight is 299 g/mol. The molecule has 1 spiro atoms. The Labute approximate surface area is 109 Å². The van der Waals surface area contributed by atoms with Gasteiger partial charge in [-0.05, 0) is 34.5 Å². The molecule has 1 aromatic rings. The summed E-state index contributed by atoms with van der Waals surface area (Å²) in [5.74, 6) is 0.584. The van der Waals surface area contributed by atoms with Crippen LogP contribution in [-0.2, 0) is 9.47 Å². The molecule has 92 valence electrons. The van der Waals surface area contributed by atoms with Crippen LogP contribution >= 0.6 is 15.9 Å². The molecule has 1 aromatic heterocycles. The molecular formula is C12H15BrN2O2. The summed E-state index contributed by atoms with van der Waals surface area (Å²) < 4.78 is 12.6. The number of hydrogen-bond acceptors (Lipinski definition) is 4. The van der Waals surface area contributed by atoms with E-state index in [9.17, 15) is 0 Å². The number of pyridine rings is 1. The van der Waals surface area contributed by atoms with Gasteiger partial charge in [-0.15, -0.1) is 0 Å². The molecule has 0 aliphatic carbocycles. The largest absolute Gasteiger partial charge is 0.350 e. The normalized spacial score (nSPS) is 23.2. The van der Waals surface area contributed by atoms with Crippen molar-refractivity contribution in [3.63, 3.8) is 0 Å². The van der Waals surface area contributed by atoms with E-state index in [2.05, 4.69) is 25.8 Å². The molecule has 2 fully saturated rings. The van der Waals surface area contributed by atoms with Crippen LogP contribution in [0.1, 0.15) is 12.8 Å². The second-order valence-corrected chi connectivity index (χ2v) is 5.30. The van der Waals surface area contributed by atoms with Gasteiger partial charge in [0.05, 0.1) is 24.2 Å². The van der Waals surface area contributed by atoms with Gasteiger partial charge < -0.3 is 14.4 Å². The van der Waals surface area contributed by atoms with Gasteiger partial charge in [-0.25, -0.2) is 4.98 Å². The van der Waals surface area contributed by atoms with E-state index in [1.54, 1.807) is 0 Å². The van der Waals surface area contributed by atoms with Crippen LogP contribution in [-0.4, -0.2) is 37.1 Å². The number of aromatic nitrogens is 1. The Morgan fingerprint density at radius 2 is 2.18 bits per heavy atom. The van der Waals surface area contributed by atoms with Crippen molar-refractivity contribution < 1.29 is 9.47 Å². The molecule has 0 amide bonds. The van der Waals surface area contributed by atoms with Crippen LogP contribution in [0.15, 0.2) is 22.8 Å². The van der Waals surface area contributed by atoms with E-state index < -0.39 is 5.79 Å². The summed E-state index contributed by atoms with van der Waals surface area (Å²) in [4.78, 5) is 6.66. The third-order valence-corrected chi connectivity index (χ3v) is 3.89. The van der Waals surface area contributed by atoms with E-state index in [1.807, 2.05) is 18.3 Å².